The van der Waals surface area contributed by atoms with Crippen molar-refractivity contribution < 1.29 is 19.1 Å². The zero-order chi connectivity index (χ0) is 21.7. The third kappa shape index (κ3) is 4.87. The van der Waals surface area contributed by atoms with Crippen LogP contribution in [-0.4, -0.2) is 36.2 Å². The molecule has 2 N–H and O–H groups in total. The standard InChI is InChI=1S/C21H20N4O4S/c1-13-6-8-15(9-7-13)25-20(28)17(19(27)23-21(25)30)12-22-24-18(26)11-14-4-3-5-16(10-14)29-2/h3-10,12,17H,11H2,1-2H3,(H,24,26)(H,23,27,30)/b22-12-/t17-/m1/s1. The maximum absolute atomic E-state index is 12.8. The van der Waals surface area contributed by atoms with E-state index in [-0.39, 0.29) is 11.5 Å². The molecule has 3 amide bonds. The van der Waals surface area contributed by atoms with E-state index in [0.717, 1.165) is 17.3 Å². The van der Waals surface area contributed by atoms with Crippen LogP contribution in [0.3, 0.4) is 0 Å². The summed E-state index contributed by atoms with van der Waals surface area (Å²) in [6, 6.07) is 14.2. The number of methoxy groups -OCH3 is 1. The summed E-state index contributed by atoms with van der Waals surface area (Å²) in [6.45, 7) is 1.92. The fourth-order valence-electron chi connectivity index (χ4n) is 2.85. The van der Waals surface area contributed by atoms with Crippen molar-refractivity contribution in [3.8, 4) is 5.75 Å². The predicted octanol–water partition coefficient (Wildman–Crippen LogP) is 1.71. The summed E-state index contributed by atoms with van der Waals surface area (Å²) in [7, 11) is 1.54. The van der Waals surface area contributed by atoms with Gasteiger partial charge in [0.15, 0.2) is 11.0 Å². The Hall–Kier alpha value is -3.59. The van der Waals surface area contributed by atoms with Gasteiger partial charge >= 0.3 is 0 Å². The van der Waals surface area contributed by atoms with Crippen molar-refractivity contribution in [2.75, 3.05) is 12.0 Å². The molecular weight excluding hydrogens is 404 g/mol. The molecule has 30 heavy (non-hydrogen) atoms. The van der Waals surface area contributed by atoms with Crippen molar-refractivity contribution in [3.05, 3.63) is 59.7 Å². The smallest absolute Gasteiger partial charge is 0.251 e. The van der Waals surface area contributed by atoms with Gasteiger partial charge in [-0.15, -0.1) is 0 Å². The first-order chi connectivity index (χ1) is 14.4. The first kappa shape index (κ1) is 21.1. The molecule has 0 saturated carbocycles. The lowest BCUT2D eigenvalue weighted by atomic mass is 10.1. The van der Waals surface area contributed by atoms with Crippen LogP contribution in [0.25, 0.3) is 0 Å². The normalized spacial score (nSPS) is 16.5. The lowest BCUT2D eigenvalue weighted by molar-refractivity contribution is -0.130. The Kier molecular flexibility index (Phi) is 6.53. The second-order valence-corrected chi connectivity index (χ2v) is 7.01. The molecule has 0 aromatic heterocycles. The molecule has 1 aliphatic rings. The minimum Gasteiger partial charge on any atom is -0.497 e. The Labute approximate surface area is 178 Å². The van der Waals surface area contributed by atoms with Crippen LogP contribution in [0.15, 0.2) is 53.6 Å². The second kappa shape index (κ2) is 9.27. The van der Waals surface area contributed by atoms with Crippen molar-refractivity contribution in [3.63, 3.8) is 0 Å². The van der Waals surface area contributed by atoms with Gasteiger partial charge in [-0.3, -0.25) is 19.3 Å². The number of ether oxygens (including phenoxy) is 1. The molecule has 0 radical (unpaired) electrons. The predicted molar refractivity (Wildman–Crippen MR) is 116 cm³/mol. The monoisotopic (exact) mass is 424 g/mol. The number of hydrogen-bond donors (Lipinski definition) is 2. The highest BCUT2D eigenvalue weighted by Crippen LogP contribution is 2.20. The summed E-state index contributed by atoms with van der Waals surface area (Å²) in [6.07, 6.45) is 1.17. The molecule has 154 valence electrons. The third-order valence-corrected chi connectivity index (χ3v) is 4.69. The van der Waals surface area contributed by atoms with Crippen LogP contribution in [0.2, 0.25) is 0 Å². The minimum atomic E-state index is -1.21. The summed E-state index contributed by atoms with van der Waals surface area (Å²) < 4.78 is 5.12. The SMILES string of the molecule is COc1cccc(CC(=O)N/N=C\[C@@H]2C(=O)NC(=S)N(c3ccc(C)cc3)C2=O)c1. The van der Waals surface area contributed by atoms with E-state index in [1.165, 1.54) is 4.90 Å². The summed E-state index contributed by atoms with van der Waals surface area (Å²) in [4.78, 5) is 38.4. The fourth-order valence-corrected chi connectivity index (χ4v) is 3.15. The van der Waals surface area contributed by atoms with Gasteiger partial charge in [0.25, 0.3) is 5.91 Å². The topological polar surface area (TPSA) is 100 Å². The van der Waals surface area contributed by atoms with E-state index in [0.29, 0.717) is 11.4 Å². The summed E-state index contributed by atoms with van der Waals surface area (Å²) in [5, 5.41) is 6.29. The Morgan fingerprint density at radius 3 is 2.70 bits per heavy atom. The Balaban J connectivity index is 1.66. The molecule has 1 atom stereocenters. The lowest BCUT2D eigenvalue weighted by Crippen LogP contribution is -2.58. The van der Waals surface area contributed by atoms with E-state index in [1.54, 1.807) is 43.5 Å². The molecule has 0 bridgehead atoms. The third-order valence-electron chi connectivity index (χ3n) is 4.41. The van der Waals surface area contributed by atoms with Crippen molar-refractivity contribution in [2.24, 2.45) is 11.0 Å². The molecule has 8 nitrogen and oxygen atoms in total. The summed E-state index contributed by atoms with van der Waals surface area (Å²) in [5.74, 6) is -2.11. The largest absolute Gasteiger partial charge is 0.497 e. The molecule has 0 unspecified atom stereocenters. The fraction of sp³-hybridized carbons (Fsp3) is 0.190. The van der Waals surface area contributed by atoms with Gasteiger partial charge in [0.1, 0.15) is 5.75 Å². The van der Waals surface area contributed by atoms with Crippen LogP contribution in [0.4, 0.5) is 5.69 Å². The van der Waals surface area contributed by atoms with E-state index < -0.39 is 23.6 Å². The summed E-state index contributed by atoms with van der Waals surface area (Å²) in [5.41, 5.74) is 4.64. The number of amides is 3. The van der Waals surface area contributed by atoms with E-state index in [9.17, 15) is 14.4 Å². The Morgan fingerprint density at radius 2 is 2.00 bits per heavy atom. The molecule has 3 rings (SSSR count). The quantitative estimate of drug-likeness (QED) is 0.318. The highest BCUT2D eigenvalue weighted by atomic mass is 32.1. The molecule has 2 aromatic rings. The van der Waals surface area contributed by atoms with Gasteiger partial charge in [0.05, 0.1) is 19.2 Å². The average Bonchev–Trinajstić information content (AvgIpc) is 2.71. The number of benzene rings is 2. The number of anilines is 1. The zero-order valence-corrected chi connectivity index (χ0v) is 17.2. The minimum absolute atomic E-state index is 0.000522. The molecule has 1 saturated heterocycles. The Bertz CT molecular complexity index is 1020. The van der Waals surface area contributed by atoms with Gasteiger partial charge < -0.3 is 10.1 Å². The second-order valence-electron chi connectivity index (χ2n) is 6.62. The molecule has 1 fully saturated rings. The van der Waals surface area contributed by atoms with Crippen LogP contribution in [-0.2, 0) is 20.8 Å². The molecule has 9 heteroatoms. The van der Waals surface area contributed by atoms with Gasteiger partial charge in [-0.05, 0) is 49.0 Å². The molecular formula is C21H20N4O4S. The van der Waals surface area contributed by atoms with Crippen LogP contribution in [0.1, 0.15) is 11.1 Å². The number of rotatable bonds is 6. The number of hydrogen-bond acceptors (Lipinski definition) is 6. The maximum Gasteiger partial charge on any atom is 0.251 e. The van der Waals surface area contributed by atoms with E-state index >= 15 is 0 Å². The van der Waals surface area contributed by atoms with Gasteiger partial charge in [-0.25, -0.2) is 5.43 Å². The van der Waals surface area contributed by atoms with E-state index in [4.69, 9.17) is 17.0 Å². The van der Waals surface area contributed by atoms with Crippen LogP contribution in [0, 0.1) is 12.8 Å². The highest BCUT2D eigenvalue weighted by molar-refractivity contribution is 7.80. The van der Waals surface area contributed by atoms with Crippen molar-refractivity contribution >= 4 is 47.0 Å². The van der Waals surface area contributed by atoms with Crippen LogP contribution < -0.4 is 20.4 Å². The summed E-state index contributed by atoms with van der Waals surface area (Å²) >= 11 is 5.15. The van der Waals surface area contributed by atoms with Gasteiger partial charge in [-0.1, -0.05) is 29.8 Å². The lowest BCUT2D eigenvalue weighted by Gasteiger charge is -2.30. The van der Waals surface area contributed by atoms with Crippen molar-refractivity contribution in [2.45, 2.75) is 13.3 Å². The van der Waals surface area contributed by atoms with E-state index in [1.807, 2.05) is 19.1 Å². The van der Waals surface area contributed by atoms with Crippen LogP contribution in [0.5, 0.6) is 5.75 Å². The van der Waals surface area contributed by atoms with Gasteiger partial charge in [-0.2, -0.15) is 5.10 Å². The molecule has 1 heterocycles. The van der Waals surface area contributed by atoms with Crippen molar-refractivity contribution in [1.29, 1.82) is 0 Å². The number of carbonyl (C=O) groups excluding carboxylic acids is 3. The Morgan fingerprint density at radius 1 is 1.27 bits per heavy atom. The number of aryl methyl sites for hydroxylation is 1. The maximum atomic E-state index is 12.8. The zero-order valence-electron chi connectivity index (χ0n) is 16.4. The average molecular weight is 424 g/mol. The number of nitrogens with one attached hydrogen (secondary N) is 2. The molecule has 0 spiro atoms. The number of nitrogens with zero attached hydrogens (tertiary/aromatic N) is 2. The van der Waals surface area contributed by atoms with Crippen molar-refractivity contribution in [1.82, 2.24) is 10.7 Å². The van der Waals surface area contributed by atoms with E-state index in [2.05, 4.69) is 15.8 Å². The van der Waals surface area contributed by atoms with Gasteiger partial charge in [0.2, 0.25) is 11.8 Å². The first-order valence-corrected chi connectivity index (χ1v) is 9.50. The number of hydrazone groups is 1. The number of carbonyl (C=O) groups is 3. The number of thiocarbonyl (C=S) groups is 1. The highest BCUT2D eigenvalue weighted by Gasteiger charge is 2.38. The van der Waals surface area contributed by atoms with Gasteiger partial charge in [0, 0.05) is 6.21 Å². The molecule has 2 aromatic carbocycles. The molecule has 1 aliphatic heterocycles. The molecule has 0 aliphatic carbocycles. The van der Waals surface area contributed by atoms with Crippen LogP contribution >= 0.6 is 12.2 Å². The first-order valence-electron chi connectivity index (χ1n) is 9.09.